The first-order valence-corrected chi connectivity index (χ1v) is 7.30. The van der Waals surface area contributed by atoms with Gasteiger partial charge in [-0.25, -0.2) is 13.1 Å². The summed E-state index contributed by atoms with van der Waals surface area (Å²) in [7, 11) is -3.62. The topological polar surface area (TPSA) is 66.4 Å². The Hall–Kier alpha value is -1.85. The molecule has 5 heteroatoms. The number of aromatic hydroxyl groups is 1. The molecule has 0 aliphatic rings. The largest absolute Gasteiger partial charge is 0.508 e. The minimum atomic E-state index is -3.62. The van der Waals surface area contributed by atoms with E-state index in [1.807, 2.05) is 30.3 Å². The Morgan fingerprint density at radius 3 is 2.47 bits per heavy atom. The molecule has 100 valence electrons. The van der Waals surface area contributed by atoms with Gasteiger partial charge < -0.3 is 5.11 Å². The summed E-state index contributed by atoms with van der Waals surface area (Å²) in [4.78, 5) is 0.100. The number of aryl methyl sites for hydroxylation is 1. The minimum Gasteiger partial charge on any atom is -0.508 e. The molecule has 0 fully saturated rings. The fraction of sp³-hybridized carbons (Fsp3) is 0.143. The molecule has 0 bridgehead atoms. The molecular weight excluding hydrogens is 262 g/mol. The molecule has 19 heavy (non-hydrogen) atoms. The van der Waals surface area contributed by atoms with E-state index in [1.165, 1.54) is 12.1 Å². The van der Waals surface area contributed by atoms with Gasteiger partial charge in [0.2, 0.25) is 10.0 Å². The van der Waals surface area contributed by atoms with Crippen LogP contribution >= 0.6 is 0 Å². The third-order valence-electron chi connectivity index (χ3n) is 2.77. The quantitative estimate of drug-likeness (QED) is 0.900. The number of rotatable bonds is 4. The number of hydrogen-bond donors (Lipinski definition) is 2. The zero-order chi connectivity index (χ0) is 13.9. The molecule has 0 radical (unpaired) electrons. The Morgan fingerprint density at radius 1 is 1.11 bits per heavy atom. The predicted molar refractivity (Wildman–Crippen MR) is 73.3 cm³/mol. The number of nitrogens with one attached hydrogen (secondary N) is 1. The molecule has 0 atom stereocenters. The highest BCUT2D eigenvalue weighted by atomic mass is 32.2. The molecular formula is C14H15NO3S. The van der Waals surface area contributed by atoms with Crippen molar-refractivity contribution in [1.29, 1.82) is 0 Å². The van der Waals surface area contributed by atoms with Gasteiger partial charge >= 0.3 is 0 Å². The average molecular weight is 277 g/mol. The van der Waals surface area contributed by atoms with Crippen molar-refractivity contribution in [3.05, 3.63) is 59.7 Å². The second-order valence-corrected chi connectivity index (χ2v) is 6.00. The van der Waals surface area contributed by atoms with E-state index < -0.39 is 10.0 Å². The highest BCUT2D eigenvalue weighted by Gasteiger charge is 2.16. The normalized spacial score (nSPS) is 11.4. The van der Waals surface area contributed by atoms with Gasteiger partial charge in [0.15, 0.2) is 0 Å². The summed E-state index contributed by atoms with van der Waals surface area (Å²) in [6.45, 7) is 1.91. The number of phenols is 1. The molecule has 0 amide bonds. The van der Waals surface area contributed by atoms with Crippen molar-refractivity contribution >= 4 is 10.0 Å². The molecule has 0 saturated heterocycles. The number of phenolic OH excluding ortho intramolecular Hbond substituents is 1. The van der Waals surface area contributed by atoms with Crippen LogP contribution in [-0.4, -0.2) is 13.5 Å². The van der Waals surface area contributed by atoms with Crippen LogP contribution in [0.4, 0.5) is 0 Å². The lowest BCUT2D eigenvalue weighted by Gasteiger charge is -2.09. The molecule has 0 aromatic heterocycles. The Labute approximate surface area is 112 Å². The summed E-state index contributed by atoms with van der Waals surface area (Å²) in [6, 6.07) is 13.6. The van der Waals surface area contributed by atoms with E-state index in [2.05, 4.69) is 4.72 Å². The van der Waals surface area contributed by atoms with E-state index >= 15 is 0 Å². The number of benzene rings is 2. The van der Waals surface area contributed by atoms with Gasteiger partial charge in [-0.05, 0) is 24.1 Å². The fourth-order valence-electron chi connectivity index (χ4n) is 1.73. The first kappa shape index (κ1) is 13.6. The van der Waals surface area contributed by atoms with Gasteiger partial charge in [-0.2, -0.15) is 0 Å². The third-order valence-corrected chi connectivity index (χ3v) is 4.31. The summed E-state index contributed by atoms with van der Waals surface area (Å²) in [6.07, 6.45) is 0. The lowest BCUT2D eigenvalue weighted by molar-refractivity contribution is 0.472. The van der Waals surface area contributed by atoms with Crippen molar-refractivity contribution in [1.82, 2.24) is 4.72 Å². The van der Waals surface area contributed by atoms with E-state index in [9.17, 15) is 13.5 Å². The van der Waals surface area contributed by atoms with E-state index in [0.717, 1.165) is 5.56 Å². The van der Waals surface area contributed by atoms with Crippen LogP contribution in [0, 0.1) is 6.92 Å². The van der Waals surface area contributed by atoms with Crippen LogP contribution < -0.4 is 4.72 Å². The molecule has 0 aliphatic carbocycles. The summed E-state index contributed by atoms with van der Waals surface area (Å²) in [5, 5.41) is 9.39. The van der Waals surface area contributed by atoms with Crippen molar-refractivity contribution in [2.75, 3.05) is 0 Å². The van der Waals surface area contributed by atoms with Gasteiger partial charge in [-0.3, -0.25) is 0 Å². The SMILES string of the molecule is Cc1ccc(O)cc1S(=O)(=O)NCc1ccccc1. The van der Waals surface area contributed by atoms with E-state index in [-0.39, 0.29) is 17.2 Å². The lowest BCUT2D eigenvalue weighted by Crippen LogP contribution is -2.23. The minimum absolute atomic E-state index is 0.0642. The van der Waals surface area contributed by atoms with Crippen LogP contribution in [0.25, 0.3) is 0 Å². The number of sulfonamides is 1. The smallest absolute Gasteiger partial charge is 0.241 e. The van der Waals surface area contributed by atoms with Gasteiger partial charge in [0, 0.05) is 12.6 Å². The molecule has 4 nitrogen and oxygen atoms in total. The van der Waals surface area contributed by atoms with Gasteiger partial charge in [0.25, 0.3) is 0 Å². The van der Waals surface area contributed by atoms with Crippen molar-refractivity contribution in [2.45, 2.75) is 18.4 Å². The summed E-state index contributed by atoms with van der Waals surface area (Å²) < 4.78 is 26.8. The standard InChI is InChI=1S/C14H15NO3S/c1-11-7-8-13(16)9-14(11)19(17,18)15-10-12-5-3-2-4-6-12/h2-9,15-16H,10H2,1H3. The Balaban J connectivity index is 2.21. The maximum Gasteiger partial charge on any atom is 0.241 e. The zero-order valence-electron chi connectivity index (χ0n) is 10.5. The maximum atomic E-state index is 12.2. The van der Waals surface area contributed by atoms with Gasteiger partial charge in [-0.1, -0.05) is 36.4 Å². The molecule has 0 unspecified atom stereocenters. The van der Waals surface area contributed by atoms with Crippen LogP contribution in [0.5, 0.6) is 5.75 Å². The zero-order valence-corrected chi connectivity index (χ0v) is 11.3. The molecule has 0 saturated carbocycles. The maximum absolute atomic E-state index is 12.2. The fourth-order valence-corrected chi connectivity index (χ4v) is 3.01. The van der Waals surface area contributed by atoms with E-state index in [0.29, 0.717) is 5.56 Å². The molecule has 2 rings (SSSR count). The highest BCUT2D eigenvalue weighted by Crippen LogP contribution is 2.20. The predicted octanol–water partition coefficient (Wildman–Crippen LogP) is 2.18. The molecule has 0 spiro atoms. The van der Waals surface area contributed by atoms with Crippen LogP contribution in [-0.2, 0) is 16.6 Å². The molecule has 0 aliphatic heterocycles. The summed E-state index contributed by atoms with van der Waals surface area (Å²) in [5.74, 6) is -0.0642. The first-order chi connectivity index (χ1) is 8.99. The molecule has 2 N–H and O–H groups in total. The highest BCUT2D eigenvalue weighted by molar-refractivity contribution is 7.89. The molecule has 2 aromatic carbocycles. The number of hydrogen-bond acceptors (Lipinski definition) is 3. The van der Waals surface area contributed by atoms with E-state index in [1.54, 1.807) is 13.0 Å². The van der Waals surface area contributed by atoms with Crippen molar-refractivity contribution in [2.24, 2.45) is 0 Å². The average Bonchev–Trinajstić information content (AvgIpc) is 2.40. The Kier molecular flexibility index (Phi) is 3.87. The monoisotopic (exact) mass is 277 g/mol. The lowest BCUT2D eigenvalue weighted by atomic mass is 10.2. The van der Waals surface area contributed by atoms with Crippen LogP contribution in [0.1, 0.15) is 11.1 Å². The van der Waals surface area contributed by atoms with Crippen molar-refractivity contribution < 1.29 is 13.5 Å². The molecule has 0 heterocycles. The molecule has 2 aromatic rings. The first-order valence-electron chi connectivity index (χ1n) is 5.82. The second kappa shape index (κ2) is 5.42. The second-order valence-electron chi connectivity index (χ2n) is 4.26. The third kappa shape index (κ3) is 3.33. The van der Waals surface area contributed by atoms with E-state index in [4.69, 9.17) is 0 Å². The van der Waals surface area contributed by atoms with Crippen LogP contribution in [0.2, 0.25) is 0 Å². The van der Waals surface area contributed by atoms with Crippen LogP contribution in [0.3, 0.4) is 0 Å². The Morgan fingerprint density at radius 2 is 1.79 bits per heavy atom. The van der Waals surface area contributed by atoms with Crippen molar-refractivity contribution in [3.63, 3.8) is 0 Å². The summed E-state index contributed by atoms with van der Waals surface area (Å²) in [5.41, 5.74) is 1.47. The Bertz CT molecular complexity index is 666. The van der Waals surface area contributed by atoms with Gasteiger partial charge in [0.05, 0.1) is 4.90 Å². The van der Waals surface area contributed by atoms with Gasteiger partial charge in [-0.15, -0.1) is 0 Å². The summed E-state index contributed by atoms with van der Waals surface area (Å²) >= 11 is 0. The van der Waals surface area contributed by atoms with Crippen LogP contribution in [0.15, 0.2) is 53.4 Å². The van der Waals surface area contributed by atoms with Crippen molar-refractivity contribution in [3.8, 4) is 5.75 Å². The van der Waals surface area contributed by atoms with Gasteiger partial charge in [0.1, 0.15) is 5.75 Å².